The van der Waals surface area contributed by atoms with Crippen LogP contribution in [0.4, 0.5) is 10.3 Å². The Morgan fingerprint density at radius 1 is 1.25 bits per heavy atom. The smallest absolute Gasteiger partial charge is 0.210 e. The van der Waals surface area contributed by atoms with E-state index in [-0.39, 0.29) is 5.82 Å². The number of nitrogens with one attached hydrogen (secondary N) is 1. The summed E-state index contributed by atoms with van der Waals surface area (Å²) in [6, 6.07) is 5.15. The average Bonchev–Trinajstić information content (AvgIpc) is 3.36. The van der Waals surface area contributed by atoms with Gasteiger partial charge in [-0.05, 0) is 30.7 Å². The van der Waals surface area contributed by atoms with Gasteiger partial charge in [-0.25, -0.2) is 9.37 Å². The highest BCUT2D eigenvalue weighted by atomic mass is 19.1. The first kappa shape index (κ1) is 16.6. The van der Waals surface area contributed by atoms with Crippen molar-refractivity contribution in [2.24, 2.45) is 0 Å². The van der Waals surface area contributed by atoms with E-state index in [1.807, 2.05) is 13.0 Å². The van der Waals surface area contributed by atoms with Crippen LogP contribution in [0.2, 0.25) is 0 Å². The van der Waals surface area contributed by atoms with Crippen molar-refractivity contribution in [3.8, 4) is 16.9 Å². The molecule has 0 radical (unpaired) electrons. The van der Waals surface area contributed by atoms with E-state index >= 15 is 0 Å². The predicted molar refractivity (Wildman–Crippen MR) is 102 cm³/mol. The van der Waals surface area contributed by atoms with E-state index in [0.717, 1.165) is 28.0 Å². The zero-order valence-corrected chi connectivity index (χ0v) is 15.2. The summed E-state index contributed by atoms with van der Waals surface area (Å²) in [6.45, 7) is 2.86. The summed E-state index contributed by atoms with van der Waals surface area (Å²) in [6.07, 6.45) is 7.60. The second-order valence-electron chi connectivity index (χ2n) is 6.73. The van der Waals surface area contributed by atoms with Crippen LogP contribution < -0.4 is 10.1 Å². The summed E-state index contributed by atoms with van der Waals surface area (Å²) in [4.78, 5) is 8.75. The first-order valence-electron chi connectivity index (χ1n) is 8.98. The Morgan fingerprint density at radius 3 is 3.07 bits per heavy atom. The molecule has 1 N–H and O–H groups in total. The maximum absolute atomic E-state index is 14.4. The lowest BCUT2D eigenvalue weighted by Crippen LogP contribution is -2.09. The maximum atomic E-state index is 14.4. The number of pyridine rings is 1. The fourth-order valence-corrected chi connectivity index (χ4v) is 3.53. The minimum absolute atomic E-state index is 0.251. The number of benzene rings is 1. The molecule has 8 heteroatoms. The molecule has 5 rings (SSSR count). The highest BCUT2D eigenvalue weighted by Gasteiger charge is 2.20. The molecule has 140 valence electrons. The molecule has 0 aliphatic carbocycles. The number of aromatic nitrogens is 5. The fraction of sp³-hybridized carbons (Fsp3) is 0.200. The minimum Gasteiger partial charge on any atom is -0.493 e. The number of hydrogen-bond acceptors (Lipinski definition) is 6. The van der Waals surface area contributed by atoms with Gasteiger partial charge in [0.25, 0.3) is 0 Å². The largest absolute Gasteiger partial charge is 0.493 e. The van der Waals surface area contributed by atoms with Crippen molar-refractivity contribution in [1.29, 1.82) is 0 Å². The molecule has 1 aromatic carbocycles. The lowest BCUT2D eigenvalue weighted by atomic mass is 10.0. The van der Waals surface area contributed by atoms with Crippen LogP contribution in [0.3, 0.4) is 0 Å². The summed E-state index contributed by atoms with van der Waals surface area (Å²) in [7, 11) is 0. The number of nitrogens with zero attached hydrogens (tertiary/aromatic N) is 5. The van der Waals surface area contributed by atoms with Gasteiger partial charge >= 0.3 is 0 Å². The van der Waals surface area contributed by atoms with Crippen molar-refractivity contribution >= 4 is 11.6 Å². The number of hydrogen-bond donors (Lipinski definition) is 1. The van der Waals surface area contributed by atoms with Gasteiger partial charge in [0.05, 0.1) is 6.61 Å². The second kappa shape index (κ2) is 6.56. The highest BCUT2D eigenvalue weighted by Crippen LogP contribution is 2.31. The monoisotopic (exact) mass is 376 g/mol. The second-order valence-corrected chi connectivity index (χ2v) is 6.73. The Hall–Kier alpha value is -3.55. The van der Waals surface area contributed by atoms with Gasteiger partial charge in [-0.15, -0.1) is 10.2 Å². The van der Waals surface area contributed by atoms with E-state index in [9.17, 15) is 4.39 Å². The van der Waals surface area contributed by atoms with Crippen molar-refractivity contribution < 1.29 is 9.13 Å². The summed E-state index contributed by atoms with van der Waals surface area (Å²) in [5.74, 6) is 1.04. The fourth-order valence-electron chi connectivity index (χ4n) is 3.53. The number of fused-ring (bicyclic) bond motifs is 2. The highest BCUT2D eigenvalue weighted by molar-refractivity contribution is 5.77. The molecule has 0 fully saturated rings. The van der Waals surface area contributed by atoms with Crippen LogP contribution in [0, 0.1) is 12.7 Å². The van der Waals surface area contributed by atoms with Gasteiger partial charge in [-0.2, -0.15) is 0 Å². The Labute approximate surface area is 160 Å². The number of aryl methyl sites for hydroxylation is 1. The van der Waals surface area contributed by atoms with Gasteiger partial charge in [0.15, 0.2) is 5.65 Å². The molecule has 0 unspecified atom stereocenters. The zero-order valence-electron chi connectivity index (χ0n) is 15.2. The van der Waals surface area contributed by atoms with E-state index in [1.165, 1.54) is 6.07 Å². The molecular formula is C20H17FN6O. The van der Waals surface area contributed by atoms with Crippen LogP contribution in [0.25, 0.3) is 16.8 Å². The molecule has 4 heterocycles. The summed E-state index contributed by atoms with van der Waals surface area (Å²) < 4.78 is 21.7. The van der Waals surface area contributed by atoms with Crippen LogP contribution >= 0.6 is 0 Å². The molecule has 3 aromatic heterocycles. The third kappa shape index (κ3) is 2.74. The van der Waals surface area contributed by atoms with Crippen molar-refractivity contribution in [2.75, 3.05) is 11.9 Å². The van der Waals surface area contributed by atoms with Gasteiger partial charge in [0.2, 0.25) is 5.95 Å². The minimum atomic E-state index is -0.251. The molecule has 28 heavy (non-hydrogen) atoms. The van der Waals surface area contributed by atoms with Gasteiger partial charge in [0.1, 0.15) is 17.9 Å². The van der Waals surface area contributed by atoms with Crippen molar-refractivity contribution in [3.63, 3.8) is 0 Å². The van der Waals surface area contributed by atoms with E-state index in [4.69, 9.17) is 4.74 Å². The lowest BCUT2D eigenvalue weighted by molar-refractivity contribution is 0.356. The zero-order chi connectivity index (χ0) is 19.1. The SMILES string of the molecule is Cc1cncc(-c2cnc(NCc3c(F)ccc4c3CCO4)n3cnnc23)c1. The first-order chi connectivity index (χ1) is 13.7. The van der Waals surface area contributed by atoms with Crippen molar-refractivity contribution in [2.45, 2.75) is 19.9 Å². The quantitative estimate of drug-likeness (QED) is 0.589. The summed E-state index contributed by atoms with van der Waals surface area (Å²) in [5, 5.41) is 11.5. The van der Waals surface area contributed by atoms with Crippen LogP contribution in [0.5, 0.6) is 5.75 Å². The van der Waals surface area contributed by atoms with Crippen LogP contribution in [-0.2, 0) is 13.0 Å². The topological polar surface area (TPSA) is 77.2 Å². The number of halogens is 1. The van der Waals surface area contributed by atoms with Crippen LogP contribution in [-0.4, -0.2) is 31.2 Å². The normalized spacial score (nSPS) is 12.8. The lowest BCUT2D eigenvalue weighted by Gasteiger charge is -2.12. The molecule has 0 spiro atoms. The molecule has 7 nitrogen and oxygen atoms in total. The van der Waals surface area contributed by atoms with Crippen molar-refractivity contribution in [1.82, 2.24) is 24.6 Å². The van der Waals surface area contributed by atoms with Crippen LogP contribution in [0.15, 0.2) is 43.1 Å². The molecule has 0 amide bonds. The molecule has 0 atom stereocenters. The average molecular weight is 376 g/mol. The molecule has 1 aliphatic rings. The van der Waals surface area contributed by atoms with Crippen molar-refractivity contribution in [3.05, 3.63) is 65.6 Å². The van der Waals surface area contributed by atoms with E-state index in [2.05, 4.69) is 25.5 Å². The van der Waals surface area contributed by atoms with E-state index in [0.29, 0.717) is 36.7 Å². The molecule has 0 saturated heterocycles. The van der Waals surface area contributed by atoms with Gasteiger partial charge < -0.3 is 10.1 Å². The third-order valence-electron chi connectivity index (χ3n) is 4.88. The maximum Gasteiger partial charge on any atom is 0.210 e. The Morgan fingerprint density at radius 2 is 2.18 bits per heavy atom. The molecule has 1 aliphatic heterocycles. The molecule has 0 bridgehead atoms. The Balaban J connectivity index is 1.50. The third-order valence-corrected chi connectivity index (χ3v) is 4.88. The number of rotatable bonds is 4. The number of anilines is 1. The molecular weight excluding hydrogens is 359 g/mol. The molecule has 0 saturated carbocycles. The van der Waals surface area contributed by atoms with Gasteiger partial charge in [-0.1, -0.05) is 0 Å². The molecule has 4 aromatic rings. The number of ether oxygens (including phenoxy) is 1. The van der Waals surface area contributed by atoms with E-state index in [1.54, 1.807) is 35.4 Å². The Kier molecular flexibility index (Phi) is 3.89. The van der Waals surface area contributed by atoms with Gasteiger partial charge in [0, 0.05) is 53.8 Å². The van der Waals surface area contributed by atoms with Gasteiger partial charge in [-0.3, -0.25) is 9.38 Å². The Bertz CT molecular complexity index is 1190. The summed E-state index contributed by atoms with van der Waals surface area (Å²) in [5.41, 5.74) is 4.97. The van der Waals surface area contributed by atoms with Crippen LogP contribution in [0.1, 0.15) is 16.7 Å². The first-order valence-corrected chi connectivity index (χ1v) is 8.98. The standard InChI is InChI=1S/C20H17FN6O/c1-12-6-13(8-22-7-12)15-9-23-20(27-11-25-26-19(15)27)24-10-16-14-4-5-28-18(14)3-2-17(16)21/h2-3,6-9,11H,4-5,10H2,1H3,(H,23,24). The predicted octanol–water partition coefficient (Wildman–Crippen LogP) is 3.18. The van der Waals surface area contributed by atoms with E-state index < -0.39 is 0 Å². The summed E-state index contributed by atoms with van der Waals surface area (Å²) >= 11 is 0.